The summed E-state index contributed by atoms with van der Waals surface area (Å²) in [5, 5.41) is 0. The molecule has 9 heteroatoms. The highest BCUT2D eigenvalue weighted by atomic mass is 35.7. The Balaban J connectivity index is 3.30. The van der Waals surface area contributed by atoms with Crippen LogP contribution in [0.4, 0.5) is 0 Å². The minimum atomic E-state index is -4.17. The first-order valence-corrected chi connectivity index (χ1v) is 10.2. The molecule has 0 amide bonds. The number of carbonyl (C=O) groups is 1. The van der Waals surface area contributed by atoms with E-state index in [-0.39, 0.29) is 17.1 Å². The lowest BCUT2D eigenvalue weighted by Gasteiger charge is -2.07. The Labute approximate surface area is 128 Å². The zero-order chi connectivity index (χ0) is 16.3. The summed E-state index contributed by atoms with van der Waals surface area (Å²) < 4.78 is 50.8. The van der Waals surface area contributed by atoms with E-state index in [9.17, 15) is 21.6 Å². The molecular formula is C12H15ClO6S2. The number of rotatable bonds is 6. The molecule has 0 saturated heterocycles. The van der Waals surface area contributed by atoms with E-state index in [2.05, 4.69) is 0 Å². The smallest absolute Gasteiger partial charge is 0.338 e. The maximum Gasteiger partial charge on any atom is 0.338 e. The molecule has 0 atom stereocenters. The van der Waals surface area contributed by atoms with Gasteiger partial charge in [0.2, 0.25) is 0 Å². The van der Waals surface area contributed by atoms with Crippen LogP contribution in [0.1, 0.15) is 30.1 Å². The zero-order valence-electron chi connectivity index (χ0n) is 11.5. The van der Waals surface area contributed by atoms with Gasteiger partial charge >= 0.3 is 5.97 Å². The molecule has 1 aromatic rings. The molecule has 21 heavy (non-hydrogen) atoms. The molecule has 6 nitrogen and oxygen atoms in total. The summed E-state index contributed by atoms with van der Waals surface area (Å²) in [7, 11) is -2.66. The quantitative estimate of drug-likeness (QED) is 0.440. The Morgan fingerprint density at radius 2 is 1.71 bits per heavy atom. The van der Waals surface area contributed by atoms with Crippen LogP contribution < -0.4 is 0 Å². The van der Waals surface area contributed by atoms with E-state index in [1.54, 1.807) is 0 Å². The number of unbranched alkanes of at least 4 members (excludes halogenated alkanes) is 1. The van der Waals surface area contributed by atoms with Crippen molar-refractivity contribution in [2.75, 3.05) is 12.9 Å². The van der Waals surface area contributed by atoms with Gasteiger partial charge in [-0.3, -0.25) is 0 Å². The fourth-order valence-corrected chi connectivity index (χ4v) is 3.00. The first-order chi connectivity index (χ1) is 9.55. The van der Waals surface area contributed by atoms with E-state index in [4.69, 9.17) is 15.4 Å². The molecule has 0 bridgehead atoms. The van der Waals surface area contributed by atoms with E-state index in [0.29, 0.717) is 6.42 Å². The summed E-state index contributed by atoms with van der Waals surface area (Å²) in [4.78, 5) is 11.0. The van der Waals surface area contributed by atoms with Crippen LogP contribution in [0.2, 0.25) is 0 Å². The molecule has 0 saturated carbocycles. The van der Waals surface area contributed by atoms with Crippen molar-refractivity contribution in [1.82, 2.24) is 0 Å². The van der Waals surface area contributed by atoms with Crippen molar-refractivity contribution in [3.05, 3.63) is 23.8 Å². The highest BCUT2D eigenvalue weighted by molar-refractivity contribution is 8.13. The first-order valence-electron chi connectivity index (χ1n) is 6.02. The molecule has 0 heterocycles. The first kappa shape index (κ1) is 17.9. The van der Waals surface area contributed by atoms with Crippen LogP contribution in [0.15, 0.2) is 28.0 Å². The molecule has 0 spiro atoms. The zero-order valence-corrected chi connectivity index (χ0v) is 13.9. The molecule has 1 rings (SSSR count). The second-order valence-electron chi connectivity index (χ2n) is 4.39. The number of hydrogen-bond donors (Lipinski definition) is 0. The molecule has 1 aromatic carbocycles. The van der Waals surface area contributed by atoms with Crippen molar-refractivity contribution in [3.8, 4) is 0 Å². The van der Waals surface area contributed by atoms with Crippen molar-refractivity contribution >= 4 is 35.5 Å². The van der Waals surface area contributed by atoms with E-state index < -0.39 is 29.8 Å². The predicted molar refractivity (Wildman–Crippen MR) is 77.8 cm³/mol. The van der Waals surface area contributed by atoms with E-state index in [1.807, 2.05) is 6.92 Å². The van der Waals surface area contributed by atoms with Crippen LogP contribution in [0.5, 0.6) is 0 Å². The van der Waals surface area contributed by atoms with Gasteiger partial charge in [0.15, 0.2) is 9.84 Å². The molecule has 118 valence electrons. The van der Waals surface area contributed by atoms with E-state index in [1.165, 1.54) is 0 Å². The largest absolute Gasteiger partial charge is 0.462 e. The third-order valence-corrected chi connectivity index (χ3v) is 4.98. The van der Waals surface area contributed by atoms with Crippen molar-refractivity contribution in [2.24, 2.45) is 0 Å². The monoisotopic (exact) mass is 354 g/mol. The van der Waals surface area contributed by atoms with E-state index >= 15 is 0 Å². The molecule has 0 aromatic heterocycles. The summed E-state index contributed by atoms with van der Waals surface area (Å²) in [6.07, 6.45) is 2.37. The van der Waals surface area contributed by atoms with Crippen molar-refractivity contribution < 1.29 is 26.4 Å². The fraction of sp³-hybridized carbons (Fsp3) is 0.417. The average Bonchev–Trinajstić information content (AvgIpc) is 2.36. The van der Waals surface area contributed by atoms with Gasteiger partial charge in [-0.05, 0) is 24.6 Å². The Bertz CT molecular complexity index is 687. The molecule has 0 N–H and O–H groups in total. The Morgan fingerprint density at radius 3 is 2.19 bits per heavy atom. The van der Waals surface area contributed by atoms with Gasteiger partial charge in [-0.15, -0.1) is 0 Å². The summed E-state index contributed by atoms with van der Waals surface area (Å²) in [5.74, 6) is -0.796. The van der Waals surface area contributed by atoms with E-state index in [0.717, 1.165) is 30.9 Å². The van der Waals surface area contributed by atoms with Gasteiger partial charge in [0.05, 0.1) is 22.0 Å². The number of ether oxygens (including phenoxy) is 1. The van der Waals surface area contributed by atoms with Gasteiger partial charge in [0, 0.05) is 16.9 Å². The Morgan fingerprint density at radius 1 is 1.14 bits per heavy atom. The lowest BCUT2D eigenvalue weighted by atomic mass is 10.2. The van der Waals surface area contributed by atoms with Gasteiger partial charge in [-0.25, -0.2) is 21.6 Å². The minimum absolute atomic E-state index is 0.168. The molecular weight excluding hydrogens is 340 g/mol. The Hall–Kier alpha value is -1.12. The Kier molecular flexibility index (Phi) is 5.77. The number of halogens is 1. The predicted octanol–water partition coefficient (Wildman–Crippen LogP) is 1.97. The number of hydrogen-bond acceptors (Lipinski definition) is 6. The maximum absolute atomic E-state index is 11.8. The number of benzene rings is 1. The van der Waals surface area contributed by atoms with Gasteiger partial charge in [0.1, 0.15) is 0 Å². The number of sulfone groups is 1. The summed E-state index contributed by atoms with van der Waals surface area (Å²) in [6.45, 7) is 2.08. The SMILES string of the molecule is CCCCOC(=O)c1cc(S(C)(=O)=O)cc(S(=O)(=O)Cl)c1. The normalized spacial score (nSPS) is 12.1. The highest BCUT2D eigenvalue weighted by Gasteiger charge is 2.20. The van der Waals surface area contributed by atoms with Crippen LogP contribution in [-0.2, 0) is 23.6 Å². The summed E-state index contributed by atoms with van der Waals surface area (Å²) in [6, 6.07) is 2.96. The maximum atomic E-state index is 11.8. The second-order valence-corrected chi connectivity index (χ2v) is 8.97. The summed E-state index contributed by atoms with van der Waals surface area (Å²) >= 11 is 0. The molecule has 0 aliphatic carbocycles. The lowest BCUT2D eigenvalue weighted by molar-refractivity contribution is 0.0499. The van der Waals surface area contributed by atoms with Crippen molar-refractivity contribution in [1.29, 1.82) is 0 Å². The van der Waals surface area contributed by atoms with Gasteiger partial charge in [-0.1, -0.05) is 13.3 Å². The topological polar surface area (TPSA) is 94.6 Å². The van der Waals surface area contributed by atoms with Crippen molar-refractivity contribution in [3.63, 3.8) is 0 Å². The third kappa shape index (κ3) is 5.29. The number of carbonyl (C=O) groups excluding carboxylic acids is 1. The minimum Gasteiger partial charge on any atom is -0.462 e. The van der Waals surface area contributed by atoms with Gasteiger partial charge in [-0.2, -0.15) is 0 Å². The van der Waals surface area contributed by atoms with Gasteiger partial charge < -0.3 is 4.74 Å². The summed E-state index contributed by atoms with van der Waals surface area (Å²) in [5.41, 5.74) is -0.173. The molecule has 0 radical (unpaired) electrons. The van der Waals surface area contributed by atoms with Crippen LogP contribution in [0, 0.1) is 0 Å². The fourth-order valence-electron chi connectivity index (χ4n) is 1.44. The molecule has 0 aliphatic rings. The standard InChI is InChI=1S/C12H15ClO6S2/c1-3-4-5-19-12(14)9-6-10(20(2,15)16)8-11(7-9)21(13,17)18/h6-8H,3-5H2,1-2H3. The van der Waals surface area contributed by atoms with Crippen LogP contribution in [-0.4, -0.2) is 35.7 Å². The second kappa shape index (κ2) is 6.76. The molecule has 0 fully saturated rings. The average molecular weight is 355 g/mol. The molecule has 0 unspecified atom stereocenters. The van der Waals surface area contributed by atoms with Crippen molar-refractivity contribution in [2.45, 2.75) is 29.6 Å². The lowest BCUT2D eigenvalue weighted by Crippen LogP contribution is -2.09. The highest BCUT2D eigenvalue weighted by Crippen LogP contribution is 2.22. The third-order valence-electron chi connectivity index (χ3n) is 2.56. The van der Waals surface area contributed by atoms with Crippen LogP contribution in [0.25, 0.3) is 0 Å². The number of esters is 1. The van der Waals surface area contributed by atoms with Crippen LogP contribution >= 0.6 is 10.7 Å². The van der Waals surface area contributed by atoms with Gasteiger partial charge in [0.25, 0.3) is 9.05 Å². The molecule has 0 aliphatic heterocycles. The van der Waals surface area contributed by atoms with Crippen LogP contribution in [0.3, 0.4) is 0 Å².